The van der Waals surface area contributed by atoms with E-state index in [1.165, 1.54) is 24.9 Å². The summed E-state index contributed by atoms with van der Waals surface area (Å²) >= 11 is 0. The molecule has 1 aliphatic rings. The summed E-state index contributed by atoms with van der Waals surface area (Å²) in [5.41, 5.74) is 2.69. The van der Waals surface area contributed by atoms with E-state index in [-0.39, 0.29) is 5.78 Å². The summed E-state index contributed by atoms with van der Waals surface area (Å²) in [6.45, 7) is 2.20. The average molecular weight is 351 g/mol. The molecule has 0 atom stereocenters. The second-order valence-corrected chi connectivity index (χ2v) is 6.37. The van der Waals surface area contributed by atoms with Gasteiger partial charge in [0.15, 0.2) is 17.3 Å². The average Bonchev–Trinajstić information content (AvgIpc) is 2.72. The van der Waals surface area contributed by atoms with Crippen molar-refractivity contribution >= 4 is 17.5 Å². The predicted molar refractivity (Wildman–Crippen MR) is 105 cm³/mol. The molecule has 1 heterocycles. The van der Waals surface area contributed by atoms with Crippen molar-refractivity contribution in [1.82, 2.24) is 0 Å². The number of rotatable bonds is 6. The maximum atomic E-state index is 12.5. The SMILES string of the molecule is COc1cccc(/C=C/C(=O)c2ccc(N3CCCCC3)cc2)c1OC. The molecular weight excluding hydrogens is 326 g/mol. The first-order valence-electron chi connectivity index (χ1n) is 9.01. The molecule has 26 heavy (non-hydrogen) atoms. The lowest BCUT2D eigenvalue weighted by Crippen LogP contribution is -2.29. The van der Waals surface area contributed by atoms with Gasteiger partial charge in [0, 0.05) is 29.9 Å². The Hall–Kier alpha value is -2.75. The van der Waals surface area contributed by atoms with Crippen LogP contribution in [0.25, 0.3) is 6.08 Å². The van der Waals surface area contributed by atoms with Crippen LogP contribution in [0, 0.1) is 0 Å². The summed E-state index contributed by atoms with van der Waals surface area (Å²) < 4.78 is 10.7. The van der Waals surface area contributed by atoms with Gasteiger partial charge in [0.05, 0.1) is 14.2 Å². The first-order chi connectivity index (χ1) is 12.7. The smallest absolute Gasteiger partial charge is 0.185 e. The summed E-state index contributed by atoms with van der Waals surface area (Å²) in [4.78, 5) is 14.9. The Kier molecular flexibility index (Phi) is 5.95. The molecule has 0 saturated carbocycles. The van der Waals surface area contributed by atoms with Gasteiger partial charge in [0.2, 0.25) is 0 Å². The van der Waals surface area contributed by atoms with Crippen LogP contribution in [0.5, 0.6) is 11.5 Å². The second-order valence-electron chi connectivity index (χ2n) is 6.37. The zero-order valence-corrected chi connectivity index (χ0v) is 15.4. The Morgan fingerprint density at radius 2 is 1.69 bits per heavy atom. The predicted octanol–water partition coefficient (Wildman–Crippen LogP) is 4.59. The van der Waals surface area contributed by atoms with Gasteiger partial charge in [-0.25, -0.2) is 0 Å². The summed E-state index contributed by atoms with van der Waals surface area (Å²) in [5.74, 6) is 1.24. The van der Waals surface area contributed by atoms with E-state index >= 15 is 0 Å². The van der Waals surface area contributed by atoms with Crippen LogP contribution < -0.4 is 14.4 Å². The number of ether oxygens (including phenoxy) is 2. The summed E-state index contributed by atoms with van der Waals surface area (Å²) in [6, 6.07) is 13.5. The van der Waals surface area contributed by atoms with Crippen LogP contribution in [0.2, 0.25) is 0 Å². The molecule has 0 bridgehead atoms. The Morgan fingerprint density at radius 3 is 2.35 bits per heavy atom. The number of carbonyl (C=O) groups excluding carboxylic acids is 1. The lowest BCUT2D eigenvalue weighted by atomic mass is 10.1. The Bertz CT molecular complexity index is 774. The Morgan fingerprint density at radius 1 is 0.962 bits per heavy atom. The number of nitrogens with zero attached hydrogens (tertiary/aromatic N) is 1. The van der Waals surface area contributed by atoms with Crippen molar-refractivity contribution < 1.29 is 14.3 Å². The lowest BCUT2D eigenvalue weighted by Gasteiger charge is -2.28. The van der Waals surface area contributed by atoms with Crippen LogP contribution in [0.3, 0.4) is 0 Å². The summed E-state index contributed by atoms with van der Waals surface area (Å²) in [5, 5.41) is 0. The lowest BCUT2D eigenvalue weighted by molar-refractivity contribution is 0.104. The van der Waals surface area contributed by atoms with Gasteiger partial charge in [0.1, 0.15) is 0 Å². The maximum absolute atomic E-state index is 12.5. The van der Waals surface area contributed by atoms with Crippen molar-refractivity contribution in [1.29, 1.82) is 0 Å². The van der Waals surface area contributed by atoms with Gasteiger partial charge < -0.3 is 14.4 Å². The minimum absolute atomic E-state index is 0.0277. The number of benzene rings is 2. The Labute approximate surface area is 155 Å². The molecule has 0 radical (unpaired) electrons. The van der Waals surface area contributed by atoms with Crippen molar-refractivity contribution in [3.63, 3.8) is 0 Å². The largest absolute Gasteiger partial charge is 0.493 e. The van der Waals surface area contributed by atoms with Gasteiger partial charge in [-0.05, 0) is 61.7 Å². The number of allylic oxidation sites excluding steroid dienone is 1. The molecule has 136 valence electrons. The first kappa shape index (κ1) is 18.1. The number of para-hydroxylation sites is 1. The molecular formula is C22H25NO3. The van der Waals surface area contributed by atoms with Gasteiger partial charge in [-0.3, -0.25) is 4.79 Å². The topological polar surface area (TPSA) is 38.8 Å². The van der Waals surface area contributed by atoms with Crippen LogP contribution >= 0.6 is 0 Å². The quantitative estimate of drug-likeness (QED) is 0.564. The highest BCUT2D eigenvalue weighted by Gasteiger charge is 2.12. The van der Waals surface area contributed by atoms with Crippen LogP contribution in [-0.4, -0.2) is 33.1 Å². The van der Waals surface area contributed by atoms with Crippen LogP contribution in [0.15, 0.2) is 48.5 Å². The van der Waals surface area contributed by atoms with Gasteiger partial charge >= 0.3 is 0 Å². The number of piperidine rings is 1. The molecule has 4 nitrogen and oxygen atoms in total. The molecule has 0 unspecified atom stereocenters. The van der Waals surface area contributed by atoms with Gasteiger partial charge in [-0.1, -0.05) is 12.1 Å². The molecule has 0 N–H and O–H groups in total. The first-order valence-corrected chi connectivity index (χ1v) is 9.01. The number of carbonyl (C=O) groups is 1. The van der Waals surface area contributed by atoms with Crippen LogP contribution in [-0.2, 0) is 0 Å². The van der Waals surface area contributed by atoms with E-state index in [9.17, 15) is 4.79 Å². The number of hydrogen-bond acceptors (Lipinski definition) is 4. The zero-order chi connectivity index (χ0) is 18.4. The highest BCUT2D eigenvalue weighted by atomic mass is 16.5. The van der Waals surface area contributed by atoms with E-state index in [0.717, 1.165) is 18.7 Å². The fourth-order valence-corrected chi connectivity index (χ4v) is 3.29. The van der Waals surface area contributed by atoms with E-state index in [1.807, 2.05) is 42.5 Å². The molecule has 0 aromatic heterocycles. The number of methoxy groups -OCH3 is 2. The van der Waals surface area contributed by atoms with E-state index in [0.29, 0.717) is 17.1 Å². The maximum Gasteiger partial charge on any atom is 0.185 e. The third-order valence-corrected chi connectivity index (χ3v) is 4.72. The third kappa shape index (κ3) is 4.07. The van der Waals surface area contributed by atoms with E-state index in [4.69, 9.17) is 9.47 Å². The van der Waals surface area contributed by atoms with Crippen molar-refractivity contribution in [2.24, 2.45) is 0 Å². The fourth-order valence-electron chi connectivity index (χ4n) is 3.29. The molecule has 2 aromatic rings. The van der Waals surface area contributed by atoms with Crippen molar-refractivity contribution in [2.45, 2.75) is 19.3 Å². The minimum atomic E-state index is -0.0277. The molecule has 2 aromatic carbocycles. The van der Waals surface area contributed by atoms with Gasteiger partial charge in [0.25, 0.3) is 0 Å². The number of ketones is 1. The van der Waals surface area contributed by atoms with Gasteiger partial charge in [-0.15, -0.1) is 0 Å². The minimum Gasteiger partial charge on any atom is -0.493 e. The molecule has 0 aliphatic carbocycles. The highest BCUT2D eigenvalue weighted by Crippen LogP contribution is 2.31. The molecule has 3 rings (SSSR count). The molecule has 1 aliphatic heterocycles. The summed E-state index contributed by atoms with van der Waals surface area (Å²) in [7, 11) is 3.19. The van der Waals surface area contributed by atoms with E-state index in [2.05, 4.69) is 4.90 Å². The van der Waals surface area contributed by atoms with E-state index in [1.54, 1.807) is 26.4 Å². The van der Waals surface area contributed by atoms with Crippen LogP contribution in [0.1, 0.15) is 35.2 Å². The van der Waals surface area contributed by atoms with Gasteiger partial charge in [-0.2, -0.15) is 0 Å². The molecule has 0 spiro atoms. The number of anilines is 1. The molecule has 0 amide bonds. The fraction of sp³-hybridized carbons (Fsp3) is 0.318. The zero-order valence-electron chi connectivity index (χ0n) is 15.4. The van der Waals surface area contributed by atoms with Crippen molar-refractivity contribution in [3.05, 3.63) is 59.7 Å². The Balaban J connectivity index is 1.73. The molecule has 1 saturated heterocycles. The van der Waals surface area contributed by atoms with Crippen molar-refractivity contribution in [2.75, 3.05) is 32.2 Å². The second kappa shape index (κ2) is 8.56. The van der Waals surface area contributed by atoms with Crippen LogP contribution in [0.4, 0.5) is 5.69 Å². The van der Waals surface area contributed by atoms with Crippen molar-refractivity contribution in [3.8, 4) is 11.5 Å². The monoisotopic (exact) mass is 351 g/mol. The van der Waals surface area contributed by atoms with E-state index < -0.39 is 0 Å². The molecule has 1 fully saturated rings. The normalized spacial score (nSPS) is 14.5. The summed E-state index contributed by atoms with van der Waals surface area (Å²) in [6.07, 6.45) is 7.14. The number of hydrogen-bond donors (Lipinski definition) is 0. The molecule has 4 heteroatoms. The highest BCUT2D eigenvalue weighted by molar-refractivity contribution is 6.07. The standard InChI is InChI=1S/C22H25NO3/c1-25-21-8-6-7-18(22(21)26-2)11-14-20(24)17-9-12-19(13-10-17)23-15-4-3-5-16-23/h6-14H,3-5,15-16H2,1-2H3/b14-11+. The third-order valence-electron chi connectivity index (χ3n) is 4.72.